The SMILES string of the molecule is CC(C)(C)C(=O)Oc1ccc(OC(=O)c2ccc(N=C(N)N)cc2)cc1Cl. The van der Waals surface area contributed by atoms with E-state index in [9.17, 15) is 9.59 Å². The van der Waals surface area contributed by atoms with Crippen molar-refractivity contribution in [3.05, 3.63) is 53.1 Å². The summed E-state index contributed by atoms with van der Waals surface area (Å²) in [5.41, 5.74) is 10.7. The molecule has 0 bridgehead atoms. The second-order valence-corrected chi connectivity index (χ2v) is 7.11. The Bertz CT molecular complexity index is 883. The summed E-state index contributed by atoms with van der Waals surface area (Å²) in [6.45, 7) is 5.20. The van der Waals surface area contributed by atoms with Crippen LogP contribution in [0.1, 0.15) is 31.1 Å². The lowest BCUT2D eigenvalue weighted by molar-refractivity contribution is -0.143. The fourth-order valence-corrected chi connectivity index (χ4v) is 2.08. The normalized spacial score (nSPS) is 10.8. The van der Waals surface area contributed by atoms with Gasteiger partial charge in [-0.2, -0.15) is 0 Å². The first kappa shape index (κ1) is 20.3. The van der Waals surface area contributed by atoms with Gasteiger partial charge >= 0.3 is 11.9 Å². The number of benzene rings is 2. The quantitative estimate of drug-likeness (QED) is 0.358. The van der Waals surface area contributed by atoms with E-state index >= 15 is 0 Å². The molecule has 0 radical (unpaired) electrons. The summed E-state index contributed by atoms with van der Waals surface area (Å²) in [4.78, 5) is 28.0. The Morgan fingerprint density at radius 1 is 1.00 bits per heavy atom. The second kappa shape index (κ2) is 8.09. The van der Waals surface area contributed by atoms with E-state index < -0.39 is 17.4 Å². The molecular formula is C19H20ClN3O4. The van der Waals surface area contributed by atoms with E-state index in [4.69, 9.17) is 32.5 Å². The van der Waals surface area contributed by atoms with Gasteiger partial charge in [0.25, 0.3) is 0 Å². The fraction of sp³-hybridized carbons (Fsp3) is 0.211. The van der Waals surface area contributed by atoms with Crippen LogP contribution in [0.15, 0.2) is 47.5 Å². The first-order valence-electron chi connectivity index (χ1n) is 8.00. The largest absolute Gasteiger partial charge is 0.425 e. The van der Waals surface area contributed by atoms with E-state index in [1.165, 1.54) is 30.3 Å². The highest BCUT2D eigenvalue weighted by atomic mass is 35.5. The molecule has 0 aliphatic rings. The first-order valence-corrected chi connectivity index (χ1v) is 8.38. The molecule has 0 unspecified atom stereocenters. The highest BCUT2D eigenvalue weighted by Gasteiger charge is 2.24. The molecule has 0 saturated carbocycles. The van der Waals surface area contributed by atoms with Crippen molar-refractivity contribution in [2.24, 2.45) is 21.9 Å². The van der Waals surface area contributed by atoms with E-state index in [0.717, 1.165) is 0 Å². The van der Waals surface area contributed by atoms with Gasteiger partial charge in [-0.1, -0.05) is 11.6 Å². The van der Waals surface area contributed by atoms with Gasteiger partial charge in [0.2, 0.25) is 0 Å². The van der Waals surface area contributed by atoms with Crippen molar-refractivity contribution < 1.29 is 19.1 Å². The van der Waals surface area contributed by atoms with Crippen molar-refractivity contribution >= 4 is 35.2 Å². The molecule has 142 valence electrons. The molecule has 0 aromatic heterocycles. The van der Waals surface area contributed by atoms with Crippen molar-refractivity contribution in [1.82, 2.24) is 0 Å². The number of ether oxygens (including phenoxy) is 2. The molecule has 0 saturated heterocycles. The number of hydrogen-bond donors (Lipinski definition) is 2. The number of carbonyl (C=O) groups excluding carboxylic acids is 2. The third-order valence-electron chi connectivity index (χ3n) is 3.29. The molecule has 0 aliphatic heterocycles. The number of hydrogen-bond acceptors (Lipinski definition) is 5. The van der Waals surface area contributed by atoms with Gasteiger partial charge in [-0.3, -0.25) is 4.79 Å². The zero-order valence-corrected chi connectivity index (χ0v) is 15.9. The smallest absolute Gasteiger partial charge is 0.343 e. The average molecular weight is 390 g/mol. The maximum atomic E-state index is 12.2. The Morgan fingerprint density at radius 2 is 1.63 bits per heavy atom. The Balaban J connectivity index is 2.09. The zero-order chi connectivity index (χ0) is 20.2. The molecule has 2 aromatic carbocycles. The molecule has 4 N–H and O–H groups in total. The van der Waals surface area contributed by atoms with E-state index in [1.807, 2.05) is 0 Å². The number of carbonyl (C=O) groups is 2. The Morgan fingerprint density at radius 3 is 2.15 bits per heavy atom. The van der Waals surface area contributed by atoms with Crippen LogP contribution in [0.2, 0.25) is 5.02 Å². The predicted molar refractivity (Wildman–Crippen MR) is 103 cm³/mol. The standard InChI is InChI=1S/C19H20ClN3O4/c1-19(2,3)17(25)27-15-9-8-13(10-14(15)20)26-16(24)11-4-6-12(7-5-11)23-18(21)22/h4-10H,1-3H3,(H4,21,22,23). The van der Waals surface area contributed by atoms with E-state index in [0.29, 0.717) is 11.3 Å². The number of halogens is 1. The molecule has 0 atom stereocenters. The minimum atomic E-state index is -0.667. The maximum absolute atomic E-state index is 12.2. The Kier molecular flexibility index (Phi) is 6.07. The van der Waals surface area contributed by atoms with E-state index in [-0.39, 0.29) is 22.5 Å². The van der Waals surface area contributed by atoms with Crippen LogP contribution in [0.5, 0.6) is 11.5 Å². The number of guanidine groups is 1. The van der Waals surface area contributed by atoms with Crippen LogP contribution in [0, 0.1) is 5.41 Å². The molecule has 2 aromatic rings. The molecule has 7 nitrogen and oxygen atoms in total. The fourth-order valence-electron chi connectivity index (χ4n) is 1.87. The lowest BCUT2D eigenvalue weighted by Gasteiger charge is -2.17. The summed E-state index contributed by atoms with van der Waals surface area (Å²) in [6, 6.07) is 10.6. The number of esters is 2. The van der Waals surface area contributed by atoms with Crippen LogP contribution in [-0.2, 0) is 4.79 Å². The zero-order valence-electron chi connectivity index (χ0n) is 15.2. The van der Waals surface area contributed by atoms with Gasteiger partial charge in [0.05, 0.1) is 21.7 Å². The number of aliphatic imine (C=N–C) groups is 1. The Labute approximate surface area is 161 Å². The summed E-state index contributed by atoms with van der Waals surface area (Å²) in [6.07, 6.45) is 0. The molecule has 27 heavy (non-hydrogen) atoms. The predicted octanol–water partition coefficient (Wildman–Crippen LogP) is 3.42. The number of nitrogens with zero attached hydrogens (tertiary/aromatic N) is 1. The molecule has 8 heteroatoms. The average Bonchev–Trinajstić information content (AvgIpc) is 2.56. The lowest BCUT2D eigenvalue weighted by Crippen LogP contribution is -2.25. The van der Waals surface area contributed by atoms with Gasteiger partial charge in [0.15, 0.2) is 5.96 Å². The van der Waals surface area contributed by atoms with Crippen molar-refractivity contribution in [2.75, 3.05) is 0 Å². The van der Waals surface area contributed by atoms with Gasteiger partial charge in [-0.15, -0.1) is 0 Å². The third kappa shape index (κ3) is 5.72. The van der Waals surface area contributed by atoms with Crippen molar-refractivity contribution in [3.63, 3.8) is 0 Å². The van der Waals surface area contributed by atoms with Crippen LogP contribution in [-0.4, -0.2) is 17.9 Å². The first-order chi connectivity index (χ1) is 12.6. The summed E-state index contributed by atoms with van der Waals surface area (Å²) in [5, 5.41) is 0.154. The highest BCUT2D eigenvalue weighted by molar-refractivity contribution is 6.32. The molecule has 2 rings (SSSR count). The van der Waals surface area contributed by atoms with Gasteiger partial charge in [-0.05, 0) is 57.2 Å². The maximum Gasteiger partial charge on any atom is 0.343 e. The van der Waals surface area contributed by atoms with Crippen molar-refractivity contribution in [2.45, 2.75) is 20.8 Å². The van der Waals surface area contributed by atoms with Gasteiger partial charge in [0.1, 0.15) is 11.5 Å². The van der Waals surface area contributed by atoms with Crippen molar-refractivity contribution in [1.29, 1.82) is 0 Å². The minimum absolute atomic E-state index is 0.0766. The molecule has 0 spiro atoms. The second-order valence-electron chi connectivity index (χ2n) is 6.70. The third-order valence-corrected chi connectivity index (χ3v) is 3.59. The molecular weight excluding hydrogens is 370 g/mol. The highest BCUT2D eigenvalue weighted by Crippen LogP contribution is 2.31. The Hall–Kier alpha value is -3.06. The summed E-state index contributed by atoms with van der Waals surface area (Å²) < 4.78 is 10.5. The van der Waals surface area contributed by atoms with Gasteiger partial charge < -0.3 is 20.9 Å². The summed E-state index contributed by atoms with van der Waals surface area (Å²) in [7, 11) is 0. The van der Waals surface area contributed by atoms with Crippen LogP contribution in [0.25, 0.3) is 0 Å². The van der Waals surface area contributed by atoms with E-state index in [1.54, 1.807) is 32.9 Å². The van der Waals surface area contributed by atoms with Crippen LogP contribution in [0.3, 0.4) is 0 Å². The number of nitrogens with two attached hydrogens (primary N) is 2. The van der Waals surface area contributed by atoms with Gasteiger partial charge in [-0.25, -0.2) is 9.79 Å². The van der Waals surface area contributed by atoms with Crippen LogP contribution >= 0.6 is 11.6 Å². The van der Waals surface area contributed by atoms with Crippen molar-refractivity contribution in [3.8, 4) is 11.5 Å². The monoisotopic (exact) mass is 389 g/mol. The van der Waals surface area contributed by atoms with E-state index in [2.05, 4.69) is 4.99 Å². The molecule has 0 heterocycles. The molecule has 0 amide bonds. The molecule has 0 fully saturated rings. The molecule has 0 aliphatic carbocycles. The topological polar surface area (TPSA) is 117 Å². The summed E-state index contributed by atoms with van der Waals surface area (Å²) >= 11 is 6.12. The summed E-state index contributed by atoms with van der Waals surface area (Å²) in [5.74, 6) is -0.671. The van der Waals surface area contributed by atoms with Crippen LogP contribution < -0.4 is 20.9 Å². The van der Waals surface area contributed by atoms with Crippen LogP contribution in [0.4, 0.5) is 5.69 Å². The lowest BCUT2D eigenvalue weighted by atomic mass is 9.97. The minimum Gasteiger partial charge on any atom is -0.425 e. The number of rotatable bonds is 4. The van der Waals surface area contributed by atoms with Gasteiger partial charge in [0, 0.05) is 6.07 Å².